The Hall–Kier alpha value is -4.50. The Kier molecular flexibility index (Phi) is 8.64. The molecule has 0 bridgehead atoms. The van der Waals surface area contributed by atoms with Crippen LogP contribution < -0.4 is 15.5 Å². The van der Waals surface area contributed by atoms with Crippen molar-refractivity contribution in [2.24, 2.45) is 0 Å². The first kappa shape index (κ1) is 30.0. The molecule has 4 aromatic rings. The highest BCUT2D eigenvalue weighted by Crippen LogP contribution is 2.42. The number of rotatable bonds is 10. The summed E-state index contributed by atoms with van der Waals surface area (Å²) in [6.45, 7) is 14.8. The summed E-state index contributed by atoms with van der Waals surface area (Å²) in [4.78, 5) is 38.1. The molecule has 1 aliphatic heterocycles. The van der Waals surface area contributed by atoms with Crippen molar-refractivity contribution in [1.82, 2.24) is 14.9 Å². The zero-order valence-electron chi connectivity index (χ0n) is 25.6. The van der Waals surface area contributed by atoms with Crippen LogP contribution in [0.15, 0.2) is 60.8 Å². The van der Waals surface area contributed by atoms with Gasteiger partial charge < -0.3 is 20.6 Å². The number of hydrogen-bond donors (Lipinski definition) is 3. The standard InChI is InChI=1S/C34H40N6O3/c1-6-39(7-2)16-8-15-35-32-36-20-25-17-23(11-14-29(25)38-32)27-18-24(10-9-22(27)3)31(41)37-26-12-13-28-30(19-26)40(33(42)43)21-34(28,4)5/h9-14,17-20H,6-8,15-16,21H2,1-5H3,(H,37,41)(H,42,43)(H,35,36,38). The van der Waals surface area contributed by atoms with Gasteiger partial charge in [-0.1, -0.05) is 45.9 Å². The van der Waals surface area contributed by atoms with Crippen LogP contribution in [0.25, 0.3) is 22.0 Å². The number of carbonyl (C=O) groups excluding carboxylic acids is 1. The molecule has 0 unspecified atom stereocenters. The molecule has 2 heterocycles. The topological polar surface area (TPSA) is 111 Å². The largest absolute Gasteiger partial charge is 0.465 e. The summed E-state index contributed by atoms with van der Waals surface area (Å²) >= 11 is 0. The summed E-state index contributed by atoms with van der Waals surface area (Å²) in [5.41, 5.74) is 6.14. The van der Waals surface area contributed by atoms with Gasteiger partial charge in [-0.05, 0) is 91.6 Å². The van der Waals surface area contributed by atoms with Crippen molar-refractivity contribution in [3.8, 4) is 11.1 Å². The summed E-state index contributed by atoms with van der Waals surface area (Å²) in [6.07, 6.45) is 1.86. The van der Waals surface area contributed by atoms with E-state index in [4.69, 9.17) is 4.98 Å². The molecule has 0 spiro atoms. The fourth-order valence-electron chi connectivity index (χ4n) is 5.75. The summed E-state index contributed by atoms with van der Waals surface area (Å²) in [6, 6.07) is 17.2. The van der Waals surface area contributed by atoms with Crippen molar-refractivity contribution in [3.63, 3.8) is 0 Å². The lowest BCUT2D eigenvalue weighted by molar-refractivity contribution is 0.102. The first-order valence-electron chi connectivity index (χ1n) is 14.9. The van der Waals surface area contributed by atoms with Crippen LogP contribution in [-0.2, 0) is 5.41 Å². The molecule has 9 heteroatoms. The van der Waals surface area contributed by atoms with Gasteiger partial charge in [0.05, 0.1) is 11.2 Å². The molecule has 1 aromatic heterocycles. The van der Waals surface area contributed by atoms with Gasteiger partial charge in [-0.15, -0.1) is 0 Å². The molecule has 2 amide bonds. The van der Waals surface area contributed by atoms with Gasteiger partial charge >= 0.3 is 6.09 Å². The van der Waals surface area contributed by atoms with Gasteiger partial charge in [-0.25, -0.2) is 14.8 Å². The molecule has 43 heavy (non-hydrogen) atoms. The van der Waals surface area contributed by atoms with E-state index in [1.807, 2.05) is 69.4 Å². The van der Waals surface area contributed by atoms with Crippen LogP contribution in [0.2, 0.25) is 0 Å². The van der Waals surface area contributed by atoms with Gasteiger partial charge in [0.15, 0.2) is 0 Å². The molecule has 3 aromatic carbocycles. The minimum absolute atomic E-state index is 0.263. The number of aromatic nitrogens is 2. The summed E-state index contributed by atoms with van der Waals surface area (Å²) in [5, 5.41) is 16.9. The van der Waals surface area contributed by atoms with E-state index in [2.05, 4.69) is 34.4 Å². The maximum atomic E-state index is 13.3. The predicted molar refractivity (Wildman–Crippen MR) is 173 cm³/mol. The number of carbonyl (C=O) groups is 2. The molecule has 0 fully saturated rings. The van der Waals surface area contributed by atoms with Crippen molar-refractivity contribution in [1.29, 1.82) is 0 Å². The zero-order chi connectivity index (χ0) is 30.7. The molecule has 224 valence electrons. The Balaban J connectivity index is 1.31. The Morgan fingerprint density at radius 2 is 1.84 bits per heavy atom. The van der Waals surface area contributed by atoms with Crippen LogP contribution in [0.4, 0.5) is 22.1 Å². The highest BCUT2D eigenvalue weighted by atomic mass is 16.4. The molecule has 0 atom stereocenters. The molecule has 9 nitrogen and oxygen atoms in total. The van der Waals surface area contributed by atoms with Crippen molar-refractivity contribution in [3.05, 3.63) is 77.5 Å². The average molecular weight is 581 g/mol. The minimum atomic E-state index is -1.00. The molecule has 0 aliphatic carbocycles. The van der Waals surface area contributed by atoms with E-state index in [0.29, 0.717) is 29.4 Å². The van der Waals surface area contributed by atoms with Crippen LogP contribution in [0.3, 0.4) is 0 Å². The van der Waals surface area contributed by atoms with E-state index in [1.165, 1.54) is 4.90 Å². The van der Waals surface area contributed by atoms with E-state index in [-0.39, 0.29) is 11.3 Å². The number of aryl methyl sites for hydroxylation is 1. The highest BCUT2D eigenvalue weighted by molar-refractivity contribution is 6.06. The maximum absolute atomic E-state index is 13.3. The van der Waals surface area contributed by atoms with Gasteiger partial charge in [0.25, 0.3) is 5.91 Å². The van der Waals surface area contributed by atoms with Crippen LogP contribution in [0.1, 0.15) is 55.6 Å². The third-order valence-electron chi connectivity index (χ3n) is 8.28. The average Bonchev–Trinajstić information content (AvgIpc) is 3.27. The van der Waals surface area contributed by atoms with E-state index >= 15 is 0 Å². The number of fused-ring (bicyclic) bond motifs is 2. The SMILES string of the molecule is CCN(CC)CCCNc1ncc2cc(-c3cc(C(=O)Nc4ccc5c(c4)N(C(=O)O)CC5(C)C)ccc3C)ccc2n1. The predicted octanol–water partition coefficient (Wildman–Crippen LogP) is 6.78. The zero-order valence-corrected chi connectivity index (χ0v) is 25.6. The third kappa shape index (κ3) is 6.46. The number of anilines is 3. The van der Waals surface area contributed by atoms with Crippen LogP contribution in [0.5, 0.6) is 0 Å². The molecule has 1 aliphatic rings. The number of hydrogen-bond acceptors (Lipinski definition) is 6. The first-order valence-corrected chi connectivity index (χ1v) is 14.9. The number of amides is 2. The lowest BCUT2D eigenvalue weighted by atomic mass is 9.87. The van der Waals surface area contributed by atoms with Crippen molar-refractivity contribution in [2.45, 2.75) is 46.5 Å². The maximum Gasteiger partial charge on any atom is 0.411 e. The molecule has 0 saturated heterocycles. The fourth-order valence-corrected chi connectivity index (χ4v) is 5.75. The summed E-state index contributed by atoms with van der Waals surface area (Å²) in [7, 11) is 0. The normalized spacial score (nSPS) is 13.8. The van der Waals surface area contributed by atoms with Gasteiger partial charge in [0.2, 0.25) is 5.95 Å². The quantitative estimate of drug-likeness (QED) is 0.177. The fraction of sp³-hybridized carbons (Fsp3) is 0.353. The molecular formula is C34H40N6O3. The van der Waals surface area contributed by atoms with Crippen molar-refractivity contribution in [2.75, 3.05) is 48.3 Å². The Labute approximate surface area is 253 Å². The van der Waals surface area contributed by atoms with E-state index in [1.54, 1.807) is 12.1 Å². The highest BCUT2D eigenvalue weighted by Gasteiger charge is 2.38. The van der Waals surface area contributed by atoms with Gasteiger partial charge in [0.1, 0.15) is 0 Å². The Morgan fingerprint density at radius 1 is 1.05 bits per heavy atom. The van der Waals surface area contributed by atoms with E-state index < -0.39 is 6.09 Å². The third-order valence-corrected chi connectivity index (χ3v) is 8.28. The summed E-state index contributed by atoms with van der Waals surface area (Å²) in [5.74, 6) is 0.359. The van der Waals surface area contributed by atoms with Crippen LogP contribution in [0, 0.1) is 6.92 Å². The number of nitrogens with zero attached hydrogens (tertiary/aromatic N) is 4. The van der Waals surface area contributed by atoms with E-state index in [0.717, 1.165) is 65.8 Å². The Morgan fingerprint density at radius 3 is 2.58 bits per heavy atom. The first-order chi connectivity index (χ1) is 20.6. The number of nitrogens with one attached hydrogen (secondary N) is 2. The Bertz CT molecular complexity index is 1660. The van der Waals surface area contributed by atoms with Gasteiger partial charge in [-0.3, -0.25) is 9.69 Å². The van der Waals surface area contributed by atoms with Crippen LogP contribution in [-0.4, -0.2) is 64.7 Å². The van der Waals surface area contributed by atoms with Gasteiger partial charge in [-0.2, -0.15) is 0 Å². The molecule has 5 rings (SSSR count). The lowest BCUT2D eigenvalue weighted by Gasteiger charge is -2.18. The lowest BCUT2D eigenvalue weighted by Crippen LogP contribution is -2.32. The number of benzene rings is 3. The molecule has 0 saturated carbocycles. The molecular weight excluding hydrogens is 540 g/mol. The monoisotopic (exact) mass is 580 g/mol. The second kappa shape index (κ2) is 12.4. The van der Waals surface area contributed by atoms with Crippen molar-refractivity contribution >= 4 is 40.2 Å². The summed E-state index contributed by atoms with van der Waals surface area (Å²) < 4.78 is 0. The second-order valence-corrected chi connectivity index (χ2v) is 11.7. The molecule has 0 radical (unpaired) electrons. The van der Waals surface area contributed by atoms with Gasteiger partial charge in [0, 0.05) is 41.3 Å². The van der Waals surface area contributed by atoms with Crippen molar-refractivity contribution < 1.29 is 14.7 Å². The minimum Gasteiger partial charge on any atom is -0.465 e. The van der Waals surface area contributed by atoms with E-state index in [9.17, 15) is 14.7 Å². The second-order valence-electron chi connectivity index (χ2n) is 11.7. The molecule has 3 N–H and O–H groups in total. The van der Waals surface area contributed by atoms with Crippen LogP contribution >= 0.6 is 0 Å². The smallest absolute Gasteiger partial charge is 0.411 e. The number of carboxylic acid groups (broad SMARTS) is 1.